The lowest BCUT2D eigenvalue weighted by molar-refractivity contribution is 0.0750. The van der Waals surface area contributed by atoms with Gasteiger partial charge in [-0.2, -0.15) is 0 Å². The van der Waals surface area contributed by atoms with Crippen LogP contribution in [-0.4, -0.2) is 40.8 Å². The zero-order valence-electron chi connectivity index (χ0n) is 9.63. The summed E-state index contributed by atoms with van der Waals surface area (Å²) in [7, 11) is 0. The summed E-state index contributed by atoms with van der Waals surface area (Å²) in [5, 5.41) is 9.62. The topological polar surface area (TPSA) is 52.9 Å². The minimum atomic E-state index is -0.429. The van der Waals surface area contributed by atoms with Crippen molar-refractivity contribution in [2.75, 3.05) is 6.54 Å². The zero-order valence-corrected chi connectivity index (χ0v) is 9.63. The number of benzene rings is 1. The van der Waals surface area contributed by atoms with E-state index in [4.69, 9.17) is 0 Å². The Morgan fingerprint density at radius 1 is 1.47 bits per heavy atom. The molecule has 2 aliphatic heterocycles. The molecule has 4 heteroatoms. The second kappa shape index (κ2) is 3.67. The molecule has 1 fully saturated rings. The number of nitrogens with zero attached hydrogens (tertiary/aromatic N) is 2. The molecule has 3 rings (SSSR count). The van der Waals surface area contributed by atoms with E-state index in [1.807, 2.05) is 25.1 Å². The Bertz CT molecular complexity index is 510. The number of aliphatic hydroxyl groups excluding tert-OH is 1. The highest BCUT2D eigenvalue weighted by Gasteiger charge is 2.36. The van der Waals surface area contributed by atoms with Gasteiger partial charge in [0, 0.05) is 19.2 Å². The van der Waals surface area contributed by atoms with Crippen molar-refractivity contribution in [3.05, 3.63) is 29.3 Å². The number of hydrogen-bond donors (Lipinski definition) is 1. The average Bonchev–Trinajstić information content (AvgIpc) is 2.62. The van der Waals surface area contributed by atoms with Crippen molar-refractivity contribution < 1.29 is 9.90 Å². The highest BCUT2D eigenvalue weighted by Crippen LogP contribution is 2.29. The fourth-order valence-corrected chi connectivity index (χ4v) is 2.47. The molecule has 1 aromatic carbocycles. The van der Waals surface area contributed by atoms with Crippen LogP contribution in [-0.2, 0) is 0 Å². The predicted molar refractivity (Wildman–Crippen MR) is 64.8 cm³/mol. The number of aliphatic hydroxyl groups is 1. The predicted octanol–water partition coefficient (Wildman–Crippen LogP) is 1.29. The second-order valence-corrected chi connectivity index (χ2v) is 4.71. The fraction of sp³-hybridized carbons (Fsp3) is 0.385. The fourth-order valence-electron chi connectivity index (χ4n) is 2.47. The monoisotopic (exact) mass is 230 g/mol. The van der Waals surface area contributed by atoms with Gasteiger partial charge in [0.2, 0.25) is 0 Å². The molecule has 88 valence electrons. The molecule has 0 unspecified atom stereocenters. The molecule has 0 saturated carbocycles. The maximum absolute atomic E-state index is 12.4. The van der Waals surface area contributed by atoms with Gasteiger partial charge in [-0.1, -0.05) is 11.6 Å². The number of fused-ring (bicyclic) bond motifs is 2. The average molecular weight is 230 g/mol. The molecule has 1 aromatic rings. The van der Waals surface area contributed by atoms with E-state index in [9.17, 15) is 9.90 Å². The van der Waals surface area contributed by atoms with Crippen LogP contribution in [0.5, 0.6) is 0 Å². The molecular weight excluding hydrogens is 216 g/mol. The Hall–Kier alpha value is -1.68. The first kappa shape index (κ1) is 10.5. The van der Waals surface area contributed by atoms with Gasteiger partial charge in [0.05, 0.1) is 23.4 Å². The van der Waals surface area contributed by atoms with Crippen molar-refractivity contribution in [3.8, 4) is 0 Å². The van der Waals surface area contributed by atoms with Crippen molar-refractivity contribution in [1.29, 1.82) is 0 Å². The minimum absolute atomic E-state index is 0.0252. The normalized spacial score (nSPS) is 26.7. The molecule has 0 spiro atoms. The summed E-state index contributed by atoms with van der Waals surface area (Å²) in [6.45, 7) is 2.36. The summed E-state index contributed by atoms with van der Waals surface area (Å²) in [6.07, 6.45) is 1.93. The highest BCUT2D eigenvalue weighted by atomic mass is 16.3. The van der Waals surface area contributed by atoms with Crippen LogP contribution in [0.2, 0.25) is 0 Å². The quantitative estimate of drug-likeness (QED) is 0.730. The third kappa shape index (κ3) is 1.65. The van der Waals surface area contributed by atoms with Crippen molar-refractivity contribution in [3.63, 3.8) is 0 Å². The molecular formula is C13H14N2O2. The molecule has 0 bridgehead atoms. The summed E-state index contributed by atoms with van der Waals surface area (Å²) < 4.78 is 0. The van der Waals surface area contributed by atoms with Gasteiger partial charge in [0.15, 0.2) is 0 Å². The van der Waals surface area contributed by atoms with E-state index in [1.165, 1.54) is 0 Å². The van der Waals surface area contributed by atoms with Gasteiger partial charge in [0.25, 0.3) is 5.91 Å². The maximum atomic E-state index is 12.4. The molecule has 17 heavy (non-hydrogen) atoms. The van der Waals surface area contributed by atoms with Crippen LogP contribution in [0, 0.1) is 6.92 Å². The Balaban J connectivity index is 2.08. The van der Waals surface area contributed by atoms with Gasteiger partial charge in [-0.05, 0) is 19.1 Å². The molecule has 4 nitrogen and oxygen atoms in total. The summed E-state index contributed by atoms with van der Waals surface area (Å²) in [4.78, 5) is 18.4. The van der Waals surface area contributed by atoms with Crippen molar-refractivity contribution in [2.24, 2.45) is 4.99 Å². The second-order valence-electron chi connectivity index (χ2n) is 4.71. The minimum Gasteiger partial charge on any atom is -0.391 e. The SMILES string of the molecule is Cc1ccc2c(c1)C(=O)N1C[C@H](O)C[C@H]1C=N2. The Labute approximate surface area is 99.6 Å². The summed E-state index contributed by atoms with van der Waals surface area (Å²) >= 11 is 0. The standard InChI is InChI=1S/C13H14N2O2/c1-8-2-3-12-11(4-8)13(17)15-7-10(16)5-9(15)6-14-12/h2-4,6,9-10,16H,5,7H2,1H3/t9-,10+/m0/s1. The number of aliphatic imine (C=N–C) groups is 1. The van der Waals surface area contributed by atoms with Crippen LogP contribution in [0.4, 0.5) is 5.69 Å². The van der Waals surface area contributed by atoms with Crippen LogP contribution in [0.1, 0.15) is 22.3 Å². The molecule has 2 atom stereocenters. The number of carbonyl (C=O) groups excluding carboxylic acids is 1. The molecule has 1 amide bonds. The van der Waals surface area contributed by atoms with E-state index in [1.54, 1.807) is 11.1 Å². The van der Waals surface area contributed by atoms with Crippen LogP contribution >= 0.6 is 0 Å². The third-order valence-corrected chi connectivity index (χ3v) is 3.35. The lowest BCUT2D eigenvalue weighted by Crippen LogP contribution is -2.35. The van der Waals surface area contributed by atoms with Crippen molar-refractivity contribution in [1.82, 2.24) is 4.90 Å². The zero-order chi connectivity index (χ0) is 12.0. The molecule has 0 radical (unpaired) electrons. The van der Waals surface area contributed by atoms with Gasteiger partial charge in [-0.3, -0.25) is 9.79 Å². The van der Waals surface area contributed by atoms with Crippen molar-refractivity contribution in [2.45, 2.75) is 25.5 Å². The maximum Gasteiger partial charge on any atom is 0.256 e. The number of rotatable bonds is 0. The van der Waals surface area contributed by atoms with Crippen LogP contribution in [0.3, 0.4) is 0 Å². The van der Waals surface area contributed by atoms with E-state index in [-0.39, 0.29) is 11.9 Å². The molecule has 1 N–H and O–H groups in total. The highest BCUT2D eigenvalue weighted by molar-refractivity contribution is 6.02. The first-order valence-corrected chi connectivity index (χ1v) is 5.79. The van der Waals surface area contributed by atoms with Gasteiger partial charge < -0.3 is 10.0 Å². The summed E-state index contributed by atoms with van der Waals surface area (Å²) in [5.41, 5.74) is 2.41. The molecule has 0 aliphatic carbocycles. The Morgan fingerprint density at radius 3 is 3.12 bits per heavy atom. The number of carbonyl (C=O) groups is 1. The van der Waals surface area contributed by atoms with E-state index in [0.29, 0.717) is 18.5 Å². The largest absolute Gasteiger partial charge is 0.391 e. The van der Waals surface area contributed by atoms with E-state index in [2.05, 4.69) is 4.99 Å². The Morgan fingerprint density at radius 2 is 2.29 bits per heavy atom. The number of aryl methyl sites for hydroxylation is 1. The van der Waals surface area contributed by atoms with E-state index in [0.717, 1.165) is 11.3 Å². The first-order valence-electron chi connectivity index (χ1n) is 5.79. The van der Waals surface area contributed by atoms with Gasteiger partial charge in [-0.25, -0.2) is 0 Å². The van der Waals surface area contributed by atoms with Crippen molar-refractivity contribution >= 4 is 17.8 Å². The van der Waals surface area contributed by atoms with Gasteiger partial charge in [0.1, 0.15) is 0 Å². The van der Waals surface area contributed by atoms with Gasteiger partial charge in [-0.15, -0.1) is 0 Å². The number of amides is 1. The van der Waals surface area contributed by atoms with E-state index < -0.39 is 6.10 Å². The van der Waals surface area contributed by atoms with Crippen LogP contribution in [0.25, 0.3) is 0 Å². The molecule has 2 aliphatic rings. The van der Waals surface area contributed by atoms with Crippen LogP contribution in [0.15, 0.2) is 23.2 Å². The third-order valence-electron chi connectivity index (χ3n) is 3.35. The van der Waals surface area contributed by atoms with Crippen LogP contribution < -0.4 is 0 Å². The van der Waals surface area contributed by atoms with E-state index >= 15 is 0 Å². The molecule has 2 heterocycles. The molecule has 1 saturated heterocycles. The number of hydrogen-bond acceptors (Lipinski definition) is 3. The summed E-state index contributed by atoms with van der Waals surface area (Å²) in [5.74, 6) is -0.0252. The lowest BCUT2D eigenvalue weighted by atomic mass is 10.1. The lowest BCUT2D eigenvalue weighted by Gasteiger charge is -2.19. The smallest absolute Gasteiger partial charge is 0.256 e. The summed E-state index contributed by atoms with van der Waals surface area (Å²) in [6, 6.07) is 5.62. The first-order chi connectivity index (χ1) is 8.15. The molecule has 0 aromatic heterocycles. The Kier molecular flexibility index (Phi) is 2.26. The van der Waals surface area contributed by atoms with Gasteiger partial charge >= 0.3 is 0 Å².